The topological polar surface area (TPSA) is 56.3 Å². The predicted molar refractivity (Wildman–Crippen MR) is 88.3 cm³/mol. The van der Waals surface area contributed by atoms with Crippen LogP contribution in [0.15, 0.2) is 54.7 Å². The van der Waals surface area contributed by atoms with E-state index in [2.05, 4.69) is 9.72 Å². The molecule has 0 atom stereocenters. The summed E-state index contributed by atoms with van der Waals surface area (Å²) in [5.41, 5.74) is 4.11. The van der Waals surface area contributed by atoms with Crippen molar-refractivity contribution in [1.29, 1.82) is 0 Å². The second-order valence-corrected chi connectivity index (χ2v) is 5.26. The Morgan fingerprint density at radius 1 is 1.17 bits per heavy atom. The normalized spacial score (nSPS) is 10.5. The van der Waals surface area contributed by atoms with E-state index in [1.165, 1.54) is 0 Å². The molecule has 0 aliphatic heterocycles. The summed E-state index contributed by atoms with van der Waals surface area (Å²) in [6.07, 6.45) is 1.55. The molecule has 114 valence electrons. The minimum absolute atomic E-state index is 0.271. The smallest absolute Gasteiger partial charge is 0.293 e. The highest BCUT2D eigenvalue weighted by atomic mass is 16.5. The van der Waals surface area contributed by atoms with Gasteiger partial charge in [-0.1, -0.05) is 42.0 Å². The highest BCUT2D eigenvalue weighted by Gasteiger charge is 2.17. The number of rotatable bonds is 5. The second-order valence-electron chi connectivity index (χ2n) is 5.26. The highest BCUT2D eigenvalue weighted by Crippen LogP contribution is 2.32. The molecule has 0 N–H and O–H groups in total. The van der Waals surface area contributed by atoms with E-state index in [0.29, 0.717) is 5.56 Å². The SMILES string of the molecule is Cc1ccc2ncc(C(=O)COC=O)c(-c3ccccc3)c2c1. The fourth-order valence-electron chi connectivity index (χ4n) is 2.62. The van der Waals surface area contributed by atoms with E-state index in [0.717, 1.165) is 27.6 Å². The average Bonchev–Trinajstić information content (AvgIpc) is 2.59. The molecule has 0 unspecified atom stereocenters. The van der Waals surface area contributed by atoms with Gasteiger partial charge in [0.05, 0.1) is 5.52 Å². The lowest BCUT2D eigenvalue weighted by molar-refractivity contribution is -0.127. The summed E-state index contributed by atoms with van der Waals surface area (Å²) in [4.78, 5) is 27.1. The highest BCUT2D eigenvalue weighted by molar-refractivity contribution is 6.10. The van der Waals surface area contributed by atoms with Crippen LogP contribution in [0.3, 0.4) is 0 Å². The second kappa shape index (κ2) is 6.40. The number of benzene rings is 2. The number of aromatic nitrogens is 1. The number of fused-ring (bicyclic) bond motifs is 1. The molecular weight excluding hydrogens is 290 g/mol. The third kappa shape index (κ3) is 2.97. The fraction of sp³-hybridized carbons (Fsp3) is 0.105. The van der Waals surface area contributed by atoms with Crippen molar-refractivity contribution in [3.05, 3.63) is 65.9 Å². The number of Topliss-reactive ketones (excluding diaryl/α,β-unsaturated/α-hetero) is 1. The number of hydrogen-bond donors (Lipinski definition) is 0. The Balaban J connectivity index is 2.27. The summed E-state index contributed by atoms with van der Waals surface area (Å²) in [7, 11) is 0. The van der Waals surface area contributed by atoms with Crippen molar-refractivity contribution in [1.82, 2.24) is 4.98 Å². The Hall–Kier alpha value is -3.01. The van der Waals surface area contributed by atoms with Gasteiger partial charge in [-0.3, -0.25) is 14.6 Å². The molecule has 23 heavy (non-hydrogen) atoms. The molecule has 0 amide bonds. The molecule has 0 bridgehead atoms. The van der Waals surface area contributed by atoms with Gasteiger partial charge in [0.1, 0.15) is 0 Å². The van der Waals surface area contributed by atoms with Crippen LogP contribution in [0.5, 0.6) is 0 Å². The van der Waals surface area contributed by atoms with Gasteiger partial charge in [-0.15, -0.1) is 0 Å². The molecule has 0 aliphatic rings. The third-order valence-electron chi connectivity index (χ3n) is 3.67. The minimum Gasteiger partial charge on any atom is -0.459 e. The number of ketones is 1. The van der Waals surface area contributed by atoms with Crippen LogP contribution in [-0.4, -0.2) is 23.8 Å². The fourth-order valence-corrected chi connectivity index (χ4v) is 2.62. The van der Waals surface area contributed by atoms with E-state index < -0.39 is 0 Å². The van der Waals surface area contributed by atoms with Gasteiger partial charge < -0.3 is 4.74 Å². The zero-order valence-electron chi connectivity index (χ0n) is 12.7. The van der Waals surface area contributed by atoms with Gasteiger partial charge >= 0.3 is 0 Å². The molecule has 4 nitrogen and oxygen atoms in total. The zero-order valence-corrected chi connectivity index (χ0v) is 12.7. The van der Waals surface area contributed by atoms with Gasteiger partial charge in [0.25, 0.3) is 6.47 Å². The molecule has 2 aromatic carbocycles. The quantitative estimate of drug-likeness (QED) is 0.534. The predicted octanol–water partition coefficient (Wildman–Crippen LogP) is 3.57. The van der Waals surface area contributed by atoms with Gasteiger partial charge in [-0.2, -0.15) is 0 Å². The summed E-state index contributed by atoms with van der Waals surface area (Å²) < 4.78 is 4.62. The van der Waals surface area contributed by atoms with Gasteiger partial charge in [-0.25, -0.2) is 0 Å². The van der Waals surface area contributed by atoms with Gasteiger partial charge in [0.15, 0.2) is 6.61 Å². The van der Waals surface area contributed by atoms with Crippen molar-refractivity contribution in [2.45, 2.75) is 6.92 Å². The molecule has 0 spiro atoms. The molecule has 3 aromatic rings. The number of ether oxygens (including phenoxy) is 1. The zero-order chi connectivity index (χ0) is 16.2. The van der Waals surface area contributed by atoms with Crippen LogP contribution in [-0.2, 0) is 9.53 Å². The lowest BCUT2D eigenvalue weighted by atomic mass is 9.94. The number of carbonyl (C=O) groups is 2. The monoisotopic (exact) mass is 305 g/mol. The van der Waals surface area contributed by atoms with Crippen molar-refractivity contribution >= 4 is 23.2 Å². The lowest BCUT2D eigenvalue weighted by Gasteiger charge is -2.12. The first-order valence-corrected chi connectivity index (χ1v) is 7.24. The molecule has 3 rings (SSSR count). The number of hydrogen-bond acceptors (Lipinski definition) is 4. The maximum Gasteiger partial charge on any atom is 0.293 e. The minimum atomic E-state index is -0.289. The van der Waals surface area contributed by atoms with Gasteiger partial charge in [0, 0.05) is 22.7 Å². The molecule has 1 aromatic heterocycles. The maximum absolute atomic E-state index is 12.4. The standard InChI is InChI=1S/C19H15NO3/c1-13-7-8-17-15(9-13)19(14-5-3-2-4-6-14)16(10-20-17)18(22)11-23-12-21/h2-10,12H,11H2,1H3. The summed E-state index contributed by atoms with van der Waals surface area (Å²) >= 11 is 0. The van der Waals surface area contributed by atoms with E-state index in [1.807, 2.05) is 55.5 Å². The molecule has 1 heterocycles. The maximum atomic E-state index is 12.4. The molecule has 0 aliphatic carbocycles. The lowest BCUT2D eigenvalue weighted by Crippen LogP contribution is -2.10. The first-order chi connectivity index (χ1) is 11.2. The van der Waals surface area contributed by atoms with Crippen LogP contribution in [0.1, 0.15) is 15.9 Å². The first-order valence-electron chi connectivity index (χ1n) is 7.24. The Morgan fingerprint density at radius 3 is 2.70 bits per heavy atom. The largest absolute Gasteiger partial charge is 0.459 e. The van der Waals surface area contributed by atoms with Crippen molar-refractivity contribution in [3.8, 4) is 11.1 Å². The summed E-state index contributed by atoms with van der Waals surface area (Å²) in [5, 5.41) is 0.910. The van der Waals surface area contributed by atoms with E-state index in [-0.39, 0.29) is 18.9 Å². The van der Waals surface area contributed by atoms with E-state index in [1.54, 1.807) is 6.20 Å². The van der Waals surface area contributed by atoms with Crippen LogP contribution in [0, 0.1) is 6.92 Å². The van der Waals surface area contributed by atoms with E-state index in [4.69, 9.17) is 0 Å². The molecule has 0 fully saturated rings. The number of nitrogens with zero attached hydrogens (tertiary/aromatic N) is 1. The van der Waals surface area contributed by atoms with Crippen LogP contribution in [0.25, 0.3) is 22.0 Å². The first kappa shape index (κ1) is 14.9. The molecule has 0 saturated heterocycles. The Kier molecular flexibility index (Phi) is 4.15. The van der Waals surface area contributed by atoms with Crippen LogP contribution in [0.2, 0.25) is 0 Å². The van der Waals surface area contributed by atoms with Gasteiger partial charge in [-0.05, 0) is 24.6 Å². The summed E-state index contributed by atoms with van der Waals surface area (Å²) in [6.45, 7) is 1.99. The molecule has 4 heteroatoms. The third-order valence-corrected chi connectivity index (χ3v) is 3.67. The van der Waals surface area contributed by atoms with Gasteiger partial charge in [0.2, 0.25) is 5.78 Å². The average molecular weight is 305 g/mol. The molecule has 0 saturated carbocycles. The van der Waals surface area contributed by atoms with E-state index in [9.17, 15) is 9.59 Å². The van der Waals surface area contributed by atoms with Crippen molar-refractivity contribution < 1.29 is 14.3 Å². The number of aryl methyl sites for hydroxylation is 1. The summed E-state index contributed by atoms with van der Waals surface area (Å²) in [6, 6.07) is 15.6. The van der Waals surface area contributed by atoms with E-state index >= 15 is 0 Å². The van der Waals surface area contributed by atoms with Crippen LogP contribution < -0.4 is 0 Å². The Bertz CT molecular complexity index is 872. The molecule has 0 radical (unpaired) electrons. The molecular formula is C19H15NO3. The van der Waals surface area contributed by atoms with Crippen molar-refractivity contribution in [3.63, 3.8) is 0 Å². The number of carbonyl (C=O) groups excluding carboxylic acids is 2. The number of pyridine rings is 1. The van der Waals surface area contributed by atoms with Crippen molar-refractivity contribution in [2.24, 2.45) is 0 Å². The van der Waals surface area contributed by atoms with Crippen molar-refractivity contribution in [2.75, 3.05) is 6.61 Å². The summed E-state index contributed by atoms with van der Waals surface area (Å²) in [5.74, 6) is -0.271. The Labute approximate surface area is 133 Å². The van der Waals surface area contributed by atoms with Crippen LogP contribution >= 0.6 is 0 Å². The Morgan fingerprint density at radius 2 is 1.96 bits per heavy atom. The van der Waals surface area contributed by atoms with Crippen LogP contribution in [0.4, 0.5) is 0 Å².